The van der Waals surface area contributed by atoms with Crippen molar-refractivity contribution in [2.75, 3.05) is 18.4 Å². The molecule has 1 radical (unpaired) electrons. The Bertz CT molecular complexity index is 862. The number of amides is 2. The Hall–Kier alpha value is -2.14. The zero-order chi connectivity index (χ0) is 21.8. The van der Waals surface area contributed by atoms with Crippen molar-refractivity contribution in [3.8, 4) is 0 Å². The van der Waals surface area contributed by atoms with Gasteiger partial charge in [-0.05, 0) is 40.0 Å². The molecule has 0 saturated carbocycles. The molecule has 1 aromatic carbocycles. The van der Waals surface area contributed by atoms with Crippen molar-refractivity contribution < 1.29 is 14.3 Å². The second kappa shape index (κ2) is 13.2. The van der Waals surface area contributed by atoms with Crippen molar-refractivity contribution in [2.45, 2.75) is 31.0 Å². The summed E-state index contributed by atoms with van der Waals surface area (Å²) in [6.45, 7) is 1.25. The van der Waals surface area contributed by atoms with Gasteiger partial charge in [0.2, 0.25) is 5.91 Å². The second-order valence-electron chi connectivity index (χ2n) is 6.73. The van der Waals surface area contributed by atoms with Crippen LogP contribution in [0, 0.1) is 0 Å². The van der Waals surface area contributed by atoms with Crippen LogP contribution in [0.3, 0.4) is 0 Å². The lowest BCUT2D eigenvalue weighted by Gasteiger charge is -2.25. The van der Waals surface area contributed by atoms with Gasteiger partial charge in [0.15, 0.2) is 15.2 Å². The van der Waals surface area contributed by atoms with E-state index < -0.39 is 0 Å². The molecule has 157 valence electrons. The second-order valence-corrected chi connectivity index (χ2v) is 8.74. The highest BCUT2D eigenvalue weighted by molar-refractivity contribution is 9.10. The van der Waals surface area contributed by atoms with Crippen LogP contribution in [0.4, 0.5) is 10.6 Å². The minimum absolute atomic E-state index is 0.124. The normalized spacial score (nSPS) is 12.8. The van der Waals surface area contributed by atoms with Crippen molar-refractivity contribution in [1.29, 1.82) is 0 Å². The first-order valence-electron chi connectivity index (χ1n) is 9.81. The van der Waals surface area contributed by atoms with Gasteiger partial charge >= 0.3 is 6.09 Å². The number of anilines is 1. The number of hydrogen-bond donors (Lipinski definition) is 1. The fraction of sp³-hybridized carbons (Fsp3) is 0.318. The Labute approximate surface area is 192 Å². The van der Waals surface area contributed by atoms with Crippen LogP contribution in [0.15, 0.2) is 64.8 Å². The van der Waals surface area contributed by atoms with E-state index in [-0.39, 0.29) is 25.0 Å². The molecule has 1 aromatic heterocycles. The highest BCUT2D eigenvalue weighted by Crippen LogP contribution is 2.20. The number of hydrogen-bond acceptors (Lipinski definition) is 4. The predicted molar refractivity (Wildman–Crippen MR) is 124 cm³/mol. The van der Waals surface area contributed by atoms with Gasteiger partial charge in [-0.25, -0.2) is 9.78 Å². The van der Waals surface area contributed by atoms with Crippen LogP contribution in [0.5, 0.6) is 0 Å². The molecule has 0 spiro atoms. The summed E-state index contributed by atoms with van der Waals surface area (Å²) < 4.78 is 6.08. The van der Waals surface area contributed by atoms with E-state index in [9.17, 15) is 9.59 Å². The van der Waals surface area contributed by atoms with E-state index in [1.165, 1.54) is 0 Å². The molecule has 1 aliphatic heterocycles. The zero-order valence-electron chi connectivity index (χ0n) is 17.3. The maximum atomic E-state index is 12.2. The number of aromatic nitrogens is 1. The van der Waals surface area contributed by atoms with Gasteiger partial charge in [-0.2, -0.15) is 0 Å². The third-order valence-corrected chi connectivity index (χ3v) is 4.81. The number of rotatable bonds is 5. The van der Waals surface area contributed by atoms with Gasteiger partial charge in [0, 0.05) is 25.7 Å². The Morgan fingerprint density at radius 1 is 1.20 bits per heavy atom. The van der Waals surface area contributed by atoms with E-state index in [0.29, 0.717) is 25.3 Å². The lowest BCUT2D eigenvalue weighted by atomic mass is 10.0. The number of ether oxygens (including phenoxy) is 1. The summed E-state index contributed by atoms with van der Waals surface area (Å²) >= 11 is 4.11. The van der Waals surface area contributed by atoms with E-state index in [0.717, 1.165) is 30.8 Å². The minimum Gasteiger partial charge on any atom is -0.445 e. The standard InChI is InChI=1S/C20H20BrN3O3.2CH3.Al/c21-17-7-4-10-22-19(17)23-18(25)13-15-8-11-24(12-9-15)20(26)27-14-16-5-2-1-3-6-16;;;/h1-8,10H,9,11-14H2,(H,22,23,25);2*1H3;. The monoisotopic (exact) mass is 486 g/mol. The fourth-order valence-corrected chi connectivity index (χ4v) is 3.06. The highest BCUT2D eigenvalue weighted by atomic mass is 79.9. The molecule has 2 heterocycles. The topological polar surface area (TPSA) is 71.5 Å². The van der Waals surface area contributed by atoms with E-state index >= 15 is 0 Å². The molecule has 1 aliphatic rings. The molecule has 0 fully saturated rings. The van der Waals surface area contributed by atoms with Crippen LogP contribution in [-0.4, -0.2) is 50.2 Å². The van der Waals surface area contributed by atoms with Crippen LogP contribution in [0.2, 0.25) is 11.6 Å². The lowest BCUT2D eigenvalue weighted by Crippen LogP contribution is -2.35. The zero-order valence-corrected chi connectivity index (χ0v) is 20.0. The fourth-order valence-electron chi connectivity index (χ4n) is 2.71. The van der Waals surface area contributed by atoms with Gasteiger partial charge < -0.3 is 15.0 Å². The number of nitrogens with zero attached hydrogens (tertiary/aromatic N) is 2. The SMILES string of the molecule is O=C(CC1=CCN(C(=O)OCc2ccccc2)CC1)Nc1ncccc1Br.[CH3][Al][CH3]. The smallest absolute Gasteiger partial charge is 0.410 e. The lowest BCUT2D eigenvalue weighted by molar-refractivity contribution is -0.115. The van der Waals surface area contributed by atoms with Gasteiger partial charge in [0.25, 0.3) is 0 Å². The first-order chi connectivity index (χ1) is 14.5. The third-order valence-electron chi connectivity index (χ3n) is 4.17. The quantitative estimate of drug-likeness (QED) is 0.480. The summed E-state index contributed by atoms with van der Waals surface area (Å²) in [5, 5.41) is 2.79. The molecular formula is C22H26AlBrN3O3. The van der Waals surface area contributed by atoms with Crippen LogP contribution >= 0.6 is 15.9 Å². The number of halogens is 1. The molecule has 0 bridgehead atoms. The summed E-state index contributed by atoms with van der Waals surface area (Å²) in [4.78, 5) is 30.1. The maximum absolute atomic E-state index is 12.2. The van der Waals surface area contributed by atoms with Gasteiger partial charge in [-0.3, -0.25) is 4.79 Å². The molecule has 0 atom stereocenters. The molecule has 3 rings (SSSR count). The number of carbonyl (C=O) groups is 2. The molecule has 0 saturated heterocycles. The Kier molecular flexibility index (Phi) is 10.6. The third kappa shape index (κ3) is 8.31. The van der Waals surface area contributed by atoms with Crippen molar-refractivity contribution in [3.05, 3.63) is 70.3 Å². The van der Waals surface area contributed by atoms with Gasteiger partial charge in [-0.1, -0.05) is 42.0 Å². The summed E-state index contributed by atoms with van der Waals surface area (Å²) in [6, 6.07) is 13.2. The Balaban J connectivity index is 0.00000101. The molecule has 1 N–H and O–H groups in total. The molecule has 2 aromatic rings. The number of nitrogens with one attached hydrogen (secondary N) is 1. The average Bonchev–Trinajstić information content (AvgIpc) is 2.75. The maximum Gasteiger partial charge on any atom is 0.410 e. The average molecular weight is 487 g/mol. The van der Waals surface area contributed by atoms with Crippen molar-refractivity contribution in [3.63, 3.8) is 0 Å². The summed E-state index contributed by atoms with van der Waals surface area (Å²) in [5.41, 5.74) is 1.96. The van der Waals surface area contributed by atoms with Gasteiger partial charge in [0.1, 0.15) is 12.4 Å². The molecule has 0 aliphatic carbocycles. The molecule has 6 nitrogen and oxygen atoms in total. The molecule has 30 heavy (non-hydrogen) atoms. The first-order valence-corrected chi connectivity index (χ1v) is 12.9. The minimum atomic E-state index is -0.337. The van der Waals surface area contributed by atoms with Crippen LogP contribution < -0.4 is 5.32 Å². The van der Waals surface area contributed by atoms with Gasteiger partial charge in [0.05, 0.1) is 4.47 Å². The first kappa shape index (κ1) is 24.1. The van der Waals surface area contributed by atoms with Gasteiger partial charge in [-0.15, -0.1) is 11.6 Å². The van der Waals surface area contributed by atoms with Crippen molar-refractivity contribution in [2.24, 2.45) is 0 Å². The van der Waals surface area contributed by atoms with Crippen molar-refractivity contribution in [1.82, 2.24) is 9.88 Å². The molecular weight excluding hydrogens is 461 g/mol. The molecule has 2 amide bonds. The summed E-state index contributed by atoms with van der Waals surface area (Å²) in [7, 11) is 0. The summed E-state index contributed by atoms with van der Waals surface area (Å²) in [5.74, 6) is 4.80. The van der Waals surface area contributed by atoms with Crippen LogP contribution in [0.25, 0.3) is 0 Å². The van der Waals surface area contributed by atoms with E-state index in [4.69, 9.17) is 4.74 Å². The van der Waals surface area contributed by atoms with Crippen LogP contribution in [-0.2, 0) is 16.1 Å². The van der Waals surface area contributed by atoms with Crippen molar-refractivity contribution >= 4 is 49.0 Å². The Morgan fingerprint density at radius 3 is 2.57 bits per heavy atom. The summed E-state index contributed by atoms with van der Waals surface area (Å²) in [6.07, 6.45) is 4.14. The largest absolute Gasteiger partial charge is 0.445 e. The van der Waals surface area contributed by atoms with E-state index in [1.54, 1.807) is 17.2 Å². The highest BCUT2D eigenvalue weighted by Gasteiger charge is 2.20. The number of carbonyl (C=O) groups excluding carboxylic acids is 2. The number of pyridine rings is 1. The molecule has 8 heteroatoms. The molecule has 0 unspecified atom stereocenters. The number of benzene rings is 1. The predicted octanol–water partition coefficient (Wildman–Crippen LogP) is 4.93. The Morgan fingerprint density at radius 2 is 1.93 bits per heavy atom. The van der Waals surface area contributed by atoms with E-state index in [1.807, 2.05) is 42.5 Å². The van der Waals surface area contributed by atoms with Crippen LogP contribution in [0.1, 0.15) is 18.4 Å². The van der Waals surface area contributed by atoms with E-state index in [2.05, 4.69) is 37.8 Å².